The van der Waals surface area contributed by atoms with E-state index in [2.05, 4.69) is 26.1 Å². The van der Waals surface area contributed by atoms with Gasteiger partial charge in [0.25, 0.3) is 0 Å². The van der Waals surface area contributed by atoms with Crippen molar-refractivity contribution < 1.29 is 14.3 Å². The van der Waals surface area contributed by atoms with E-state index in [1.165, 1.54) is 5.56 Å². The van der Waals surface area contributed by atoms with Gasteiger partial charge in [-0.2, -0.15) is 0 Å². The second kappa shape index (κ2) is 9.77. The van der Waals surface area contributed by atoms with Crippen molar-refractivity contribution in [2.75, 3.05) is 19.7 Å². The molecule has 0 saturated carbocycles. The molecule has 0 atom stereocenters. The summed E-state index contributed by atoms with van der Waals surface area (Å²) in [7, 11) is 0. The lowest BCUT2D eigenvalue weighted by atomic mass is 9.91. The van der Waals surface area contributed by atoms with Gasteiger partial charge in [-0.1, -0.05) is 38.5 Å². The average Bonchev–Trinajstić information content (AvgIpc) is 2.59. The largest absolute Gasteiger partial charge is 0.494 e. The Kier molecular flexibility index (Phi) is 7.69. The second-order valence-electron chi connectivity index (χ2n) is 8.73. The first-order chi connectivity index (χ1) is 12.7. The number of aryl methyl sites for hydroxylation is 1. The molecular formula is C22H34N2O3. The Morgan fingerprint density at radius 2 is 1.78 bits per heavy atom. The average molecular weight is 375 g/mol. The summed E-state index contributed by atoms with van der Waals surface area (Å²) in [6.07, 6.45) is 3.41. The van der Waals surface area contributed by atoms with Gasteiger partial charge in [0.15, 0.2) is 0 Å². The summed E-state index contributed by atoms with van der Waals surface area (Å²) >= 11 is 0. The number of benzene rings is 1. The third-order valence-electron chi connectivity index (χ3n) is 4.73. The summed E-state index contributed by atoms with van der Waals surface area (Å²) in [5.74, 6) is 1.14. The molecule has 2 rings (SSSR count). The lowest BCUT2D eigenvalue weighted by Gasteiger charge is -2.34. The van der Waals surface area contributed by atoms with Gasteiger partial charge in [-0.3, -0.25) is 9.59 Å². The van der Waals surface area contributed by atoms with Gasteiger partial charge in [0.05, 0.1) is 6.61 Å². The van der Waals surface area contributed by atoms with Gasteiger partial charge in [0, 0.05) is 32.0 Å². The van der Waals surface area contributed by atoms with Crippen molar-refractivity contribution in [1.29, 1.82) is 0 Å². The van der Waals surface area contributed by atoms with Crippen LogP contribution in [0.2, 0.25) is 0 Å². The molecule has 0 spiro atoms. The molecule has 0 bridgehead atoms. The van der Waals surface area contributed by atoms with Crippen LogP contribution in [-0.4, -0.2) is 42.5 Å². The van der Waals surface area contributed by atoms with Gasteiger partial charge in [-0.05, 0) is 43.7 Å². The van der Waals surface area contributed by atoms with E-state index in [9.17, 15) is 9.59 Å². The molecule has 1 aliphatic heterocycles. The monoisotopic (exact) mass is 374 g/mol. The smallest absolute Gasteiger partial charge is 0.223 e. The Balaban J connectivity index is 1.60. The maximum absolute atomic E-state index is 12.3. The van der Waals surface area contributed by atoms with E-state index in [-0.39, 0.29) is 23.3 Å². The zero-order chi connectivity index (χ0) is 19.9. The van der Waals surface area contributed by atoms with Crippen LogP contribution in [0.1, 0.15) is 58.4 Å². The van der Waals surface area contributed by atoms with Crippen molar-refractivity contribution in [3.05, 3.63) is 29.8 Å². The maximum atomic E-state index is 12.3. The number of ether oxygens (including phenoxy) is 1. The molecule has 0 aliphatic carbocycles. The quantitative estimate of drug-likeness (QED) is 0.741. The zero-order valence-corrected chi connectivity index (χ0v) is 17.2. The molecule has 2 amide bonds. The Labute approximate surface area is 163 Å². The van der Waals surface area contributed by atoms with E-state index in [1.54, 1.807) is 0 Å². The van der Waals surface area contributed by atoms with Crippen LogP contribution in [0.3, 0.4) is 0 Å². The van der Waals surface area contributed by atoms with Crippen LogP contribution in [0.5, 0.6) is 5.75 Å². The van der Waals surface area contributed by atoms with Crippen molar-refractivity contribution in [3.63, 3.8) is 0 Å². The number of rotatable bonds is 7. The number of carbonyl (C=O) groups excluding carboxylic acids is 2. The summed E-state index contributed by atoms with van der Waals surface area (Å²) in [4.78, 5) is 26.3. The Morgan fingerprint density at radius 3 is 2.37 bits per heavy atom. The molecule has 5 heteroatoms. The SMILES string of the molecule is Cc1ccc(OCCCC(=O)NC2CCN(C(=O)CC(C)(C)C)CC2)cc1. The maximum Gasteiger partial charge on any atom is 0.223 e. The van der Waals surface area contributed by atoms with E-state index in [1.807, 2.05) is 36.1 Å². The molecule has 1 fully saturated rings. The Hall–Kier alpha value is -2.04. The van der Waals surface area contributed by atoms with E-state index in [4.69, 9.17) is 4.74 Å². The first-order valence-corrected chi connectivity index (χ1v) is 9.99. The third kappa shape index (κ3) is 8.02. The summed E-state index contributed by atoms with van der Waals surface area (Å²) < 4.78 is 5.66. The summed E-state index contributed by atoms with van der Waals surface area (Å²) in [5, 5.41) is 3.10. The number of nitrogens with one attached hydrogen (secondary N) is 1. The Bertz CT molecular complexity index is 611. The summed E-state index contributed by atoms with van der Waals surface area (Å²) in [5.41, 5.74) is 1.22. The number of hydrogen-bond acceptors (Lipinski definition) is 3. The minimum absolute atomic E-state index is 0.0167. The Morgan fingerprint density at radius 1 is 1.15 bits per heavy atom. The number of nitrogens with zero attached hydrogens (tertiary/aromatic N) is 1. The molecule has 1 N–H and O–H groups in total. The van der Waals surface area contributed by atoms with Crippen LogP contribution in [0.4, 0.5) is 0 Å². The van der Waals surface area contributed by atoms with Crippen LogP contribution in [-0.2, 0) is 9.59 Å². The fourth-order valence-electron chi connectivity index (χ4n) is 3.20. The highest BCUT2D eigenvalue weighted by atomic mass is 16.5. The highest BCUT2D eigenvalue weighted by molar-refractivity contribution is 5.77. The minimum atomic E-state index is 0.0167. The van der Waals surface area contributed by atoms with Crippen molar-refractivity contribution in [3.8, 4) is 5.75 Å². The van der Waals surface area contributed by atoms with E-state index >= 15 is 0 Å². The molecule has 1 aliphatic rings. The fraction of sp³-hybridized carbons (Fsp3) is 0.636. The molecule has 1 aromatic carbocycles. The van der Waals surface area contributed by atoms with Gasteiger partial charge < -0.3 is 15.0 Å². The highest BCUT2D eigenvalue weighted by Crippen LogP contribution is 2.21. The third-order valence-corrected chi connectivity index (χ3v) is 4.73. The van der Waals surface area contributed by atoms with Gasteiger partial charge in [-0.25, -0.2) is 0 Å². The second-order valence-corrected chi connectivity index (χ2v) is 8.73. The van der Waals surface area contributed by atoms with Crippen molar-refractivity contribution >= 4 is 11.8 Å². The zero-order valence-electron chi connectivity index (χ0n) is 17.2. The van der Waals surface area contributed by atoms with Gasteiger partial charge in [0.2, 0.25) is 11.8 Å². The molecule has 0 aromatic heterocycles. The van der Waals surface area contributed by atoms with Crippen LogP contribution < -0.4 is 10.1 Å². The molecular weight excluding hydrogens is 340 g/mol. The molecule has 0 radical (unpaired) electrons. The predicted molar refractivity (Wildman–Crippen MR) is 108 cm³/mol. The lowest BCUT2D eigenvalue weighted by molar-refractivity contribution is -0.134. The topological polar surface area (TPSA) is 58.6 Å². The molecule has 150 valence electrons. The van der Waals surface area contributed by atoms with Crippen molar-refractivity contribution in [2.24, 2.45) is 5.41 Å². The highest BCUT2D eigenvalue weighted by Gasteiger charge is 2.26. The van der Waals surface area contributed by atoms with E-state index in [0.29, 0.717) is 25.9 Å². The van der Waals surface area contributed by atoms with Crippen molar-refractivity contribution in [2.45, 2.75) is 65.8 Å². The molecule has 27 heavy (non-hydrogen) atoms. The normalized spacial score (nSPS) is 15.5. The predicted octanol–water partition coefficient (Wildman–Crippen LogP) is 3.70. The standard InChI is InChI=1S/C22H34N2O3/c1-17-7-9-19(10-8-17)27-15-5-6-20(25)23-18-11-13-24(14-12-18)21(26)16-22(2,3)4/h7-10,18H,5-6,11-16H2,1-4H3,(H,23,25). The molecule has 1 heterocycles. The number of carbonyl (C=O) groups is 2. The number of amides is 2. The van der Waals surface area contributed by atoms with Gasteiger partial charge in [0.1, 0.15) is 5.75 Å². The summed E-state index contributed by atoms with van der Waals surface area (Å²) in [6, 6.07) is 8.10. The minimum Gasteiger partial charge on any atom is -0.494 e. The summed E-state index contributed by atoms with van der Waals surface area (Å²) in [6.45, 7) is 10.3. The molecule has 0 unspecified atom stereocenters. The lowest BCUT2D eigenvalue weighted by Crippen LogP contribution is -2.47. The van der Waals surface area contributed by atoms with Crippen LogP contribution in [0.25, 0.3) is 0 Å². The molecule has 1 saturated heterocycles. The fourth-order valence-corrected chi connectivity index (χ4v) is 3.20. The number of hydrogen-bond donors (Lipinski definition) is 1. The van der Waals surface area contributed by atoms with Crippen LogP contribution in [0.15, 0.2) is 24.3 Å². The van der Waals surface area contributed by atoms with E-state index < -0.39 is 0 Å². The number of piperidine rings is 1. The van der Waals surface area contributed by atoms with Crippen LogP contribution >= 0.6 is 0 Å². The van der Waals surface area contributed by atoms with Gasteiger partial charge >= 0.3 is 0 Å². The molecule has 5 nitrogen and oxygen atoms in total. The first-order valence-electron chi connectivity index (χ1n) is 9.99. The van der Waals surface area contributed by atoms with Gasteiger partial charge in [-0.15, -0.1) is 0 Å². The van der Waals surface area contributed by atoms with E-state index in [0.717, 1.165) is 31.7 Å². The van der Waals surface area contributed by atoms with Crippen molar-refractivity contribution in [1.82, 2.24) is 10.2 Å². The molecule has 1 aromatic rings. The van der Waals surface area contributed by atoms with Crippen LogP contribution in [0, 0.1) is 12.3 Å². The first kappa shape index (κ1) is 21.3. The number of likely N-dealkylation sites (tertiary alicyclic amines) is 1.